The van der Waals surface area contributed by atoms with Crippen molar-refractivity contribution in [1.29, 1.82) is 0 Å². The molecule has 0 aliphatic rings. The molecule has 0 unspecified atom stereocenters. The quantitative estimate of drug-likeness (QED) is 0.419. The van der Waals surface area contributed by atoms with Crippen LogP contribution < -0.4 is 0 Å². The standard InChI is InChI=1S/C12H13O3/c1-2-8-15-12(14)9-11(13)10-6-4-3-5-7-10/h3-7H,1-2,8-9H2. The highest BCUT2D eigenvalue weighted by atomic mass is 16.5. The highest BCUT2D eigenvalue weighted by molar-refractivity contribution is 6.05. The first-order valence-corrected chi connectivity index (χ1v) is 4.77. The maximum Gasteiger partial charge on any atom is 0.313 e. The smallest absolute Gasteiger partial charge is 0.313 e. The molecule has 0 atom stereocenters. The minimum Gasteiger partial charge on any atom is -0.465 e. The second-order valence-corrected chi connectivity index (χ2v) is 3.04. The molecular weight excluding hydrogens is 192 g/mol. The Morgan fingerprint density at radius 3 is 2.47 bits per heavy atom. The molecule has 1 aromatic carbocycles. The zero-order valence-electron chi connectivity index (χ0n) is 8.44. The number of hydrogen-bond acceptors (Lipinski definition) is 3. The van der Waals surface area contributed by atoms with E-state index in [0.717, 1.165) is 0 Å². The van der Waals surface area contributed by atoms with Crippen LogP contribution >= 0.6 is 0 Å². The predicted molar refractivity (Wildman–Crippen MR) is 56.3 cm³/mol. The van der Waals surface area contributed by atoms with Gasteiger partial charge >= 0.3 is 5.97 Å². The van der Waals surface area contributed by atoms with Crippen molar-refractivity contribution < 1.29 is 14.3 Å². The fraction of sp³-hybridized carbons (Fsp3) is 0.250. The molecule has 1 rings (SSSR count). The molecule has 0 spiro atoms. The predicted octanol–water partition coefficient (Wildman–Crippen LogP) is 2.03. The fourth-order valence-electron chi connectivity index (χ4n) is 1.09. The van der Waals surface area contributed by atoms with E-state index in [1.165, 1.54) is 0 Å². The molecule has 1 radical (unpaired) electrons. The Kier molecular flexibility index (Phi) is 4.54. The van der Waals surface area contributed by atoms with E-state index in [1.807, 2.05) is 6.07 Å². The summed E-state index contributed by atoms with van der Waals surface area (Å²) in [7, 11) is 0. The Hall–Kier alpha value is -1.64. The lowest BCUT2D eigenvalue weighted by atomic mass is 10.1. The van der Waals surface area contributed by atoms with Crippen LogP contribution in [-0.4, -0.2) is 18.4 Å². The van der Waals surface area contributed by atoms with Crippen LogP contribution in [0.3, 0.4) is 0 Å². The highest BCUT2D eigenvalue weighted by Gasteiger charge is 2.11. The Morgan fingerprint density at radius 2 is 1.87 bits per heavy atom. The average molecular weight is 205 g/mol. The molecular formula is C12H13O3. The number of ketones is 1. The third-order valence-corrected chi connectivity index (χ3v) is 1.81. The van der Waals surface area contributed by atoms with E-state index in [2.05, 4.69) is 6.92 Å². The third-order valence-electron chi connectivity index (χ3n) is 1.81. The maximum absolute atomic E-state index is 11.5. The van der Waals surface area contributed by atoms with Crippen LogP contribution in [0.15, 0.2) is 30.3 Å². The van der Waals surface area contributed by atoms with E-state index in [0.29, 0.717) is 12.0 Å². The maximum atomic E-state index is 11.5. The average Bonchev–Trinajstić information content (AvgIpc) is 2.27. The lowest BCUT2D eigenvalue weighted by molar-refractivity contribution is -0.142. The second-order valence-electron chi connectivity index (χ2n) is 3.04. The van der Waals surface area contributed by atoms with Gasteiger partial charge in [0.25, 0.3) is 0 Å². The Bertz CT molecular complexity index is 330. The van der Waals surface area contributed by atoms with Crippen molar-refractivity contribution in [2.75, 3.05) is 6.61 Å². The first-order chi connectivity index (χ1) is 7.24. The summed E-state index contributed by atoms with van der Waals surface area (Å²) < 4.78 is 4.76. The van der Waals surface area contributed by atoms with Crippen molar-refractivity contribution in [2.24, 2.45) is 0 Å². The largest absolute Gasteiger partial charge is 0.465 e. The van der Waals surface area contributed by atoms with Gasteiger partial charge in [0.2, 0.25) is 0 Å². The molecule has 0 aliphatic heterocycles. The summed E-state index contributed by atoms with van der Waals surface area (Å²) in [4.78, 5) is 22.6. The summed E-state index contributed by atoms with van der Waals surface area (Å²) >= 11 is 0. The number of Topliss-reactive ketones (excluding diaryl/α,β-unsaturated/α-hetero) is 1. The lowest BCUT2D eigenvalue weighted by Gasteiger charge is -2.02. The van der Waals surface area contributed by atoms with Crippen LogP contribution in [0.25, 0.3) is 0 Å². The van der Waals surface area contributed by atoms with Gasteiger partial charge in [-0.15, -0.1) is 0 Å². The van der Waals surface area contributed by atoms with Crippen LogP contribution in [0, 0.1) is 6.92 Å². The van der Waals surface area contributed by atoms with Crippen LogP contribution in [0.2, 0.25) is 0 Å². The number of hydrogen-bond donors (Lipinski definition) is 0. The minimum atomic E-state index is -0.493. The molecule has 0 N–H and O–H groups in total. The van der Waals surface area contributed by atoms with Gasteiger partial charge in [0.1, 0.15) is 6.42 Å². The van der Waals surface area contributed by atoms with E-state index in [4.69, 9.17) is 4.74 Å². The molecule has 0 saturated carbocycles. The first kappa shape index (κ1) is 11.4. The molecule has 3 heteroatoms. The van der Waals surface area contributed by atoms with Gasteiger partial charge < -0.3 is 4.74 Å². The molecule has 1 aromatic rings. The van der Waals surface area contributed by atoms with Crippen molar-refractivity contribution in [3.05, 3.63) is 42.8 Å². The molecule has 0 aliphatic carbocycles. The van der Waals surface area contributed by atoms with Gasteiger partial charge in [0.05, 0.1) is 6.61 Å². The van der Waals surface area contributed by atoms with Gasteiger partial charge in [-0.1, -0.05) is 30.3 Å². The summed E-state index contributed by atoms with van der Waals surface area (Å²) in [6, 6.07) is 8.69. The zero-order valence-corrected chi connectivity index (χ0v) is 8.44. The molecule has 0 heterocycles. The SMILES string of the molecule is [CH2]CCOC(=O)CC(=O)c1ccccc1. The van der Waals surface area contributed by atoms with Crippen LogP contribution in [0.4, 0.5) is 0 Å². The zero-order chi connectivity index (χ0) is 11.1. The number of benzene rings is 1. The van der Waals surface area contributed by atoms with Crippen molar-refractivity contribution in [1.82, 2.24) is 0 Å². The molecule has 0 saturated heterocycles. The Balaban J connectivity index is 2.46. The Labute approximate surface area is 89.1 Å². The first-order valence-electron chi connectivity index (χ1n) is 4.77. The third kappa shape index (κ3) is 3.94. The van der Waals surface area contributed by atoms with Gasteiger partial charge in [0.15, 0.2) is 5.78 Å². The number of ether oxygens (including phenoxy) is 1. The summed E-state index contributed by atoms with van der Waals surface area (Å²) in [5.74, 6) is -0.711. The van der Waals surface area contributed by atoms with Crippen molar-refractivity contribution in [3.63, 3.8) is 0 Å². The van der Waals surface area contributed by atoms with E-state index in [-0.39, 0.29) is 18.8 Å². The number of rotatable bonds is 5. The fourth-order valence-corrected chi connectivity index (χ4v) is 1.09. The van der Waals surface area contributed by atoms with Gasteiger partial charge in [-0.3, -0.25) is 9.59 Å². The molecule has 3 nitrogen and oxygen atoms in total. The van der Waals surface area contributed by atoms with Gasteiger partial charge in [0, 0.05) is 5.56 Å². The monoisotopic (exact) mass is 205 g/mol. The summed E-state index contributed by atoms with van der Waals surface area (Å²) in [6.45, 7) is 3.80. The topological polar surface area (TPSA) is 43.4 Å². The second kappa shape index (κ2) is 5.96. The highest BCUT2D eigenvalue weighted by Crippen LogP contribution is 2.03. The molecule has 79 valence electrons. The van der Waals surface area contributed by atoms with E-state index >= 15 is 0 Å². The van der Waals surface area contributed by atoms with Crippen LogP contribution in [0.5, 0.6) is 0 Å². The number of carbonyl (C=O) groups is 2. The van der Waals surface area contributed by atoms with E-state index in [1.54, 1.807) is 24.3 Å². The van der Waals surface area contributed by atoms with Crippen molar-refractivity contribution >= 4 is 11.8 Å². The summed E-state index contributed by atoms with van der Waals surface area (Å²) in [5.41, 5.74) is 0.532. The van der Waals surface area contributed by atoms with Gasteiger partial charge in [-0.05, 0) is 13.3 Å². The molecule has 0 fully saturated rings. The summed E-state index contributed by atoms with van der Waals surface area (Å²) in [5, 5.41) is 0. The molecule has 15 heavy (non-hydrogen) atoms. The van der Waals surface area contributed by atoms with Gasteiger partial charge in [-0.2, -0.15) is 0 Å². The summed E-state index contributed by atoms with van der Waals surface area (Å²) in [6.07, 6.45) is 0.315. The molecule has 0 bridgehead atoms. The normalized spacial score (nSPS) is 9.67. The van der Waals surface area contributed by atoms with E-state index in [9.17, 15) is 9.59 Å². The van der Waals surface area contributed by atoms with E-state index < -0.39 is 5.97 Å². The van der Waals surface area contributed by atoms with Crippen LogP contribution in [-0.2, 0) is 9.53 Å². The van der Waals surface area contributed by atoms with Crippen molar-refractivity contribution in [2.45, 2.75) is 12.8 Å². The molecule has 0 amide bonds. The van der Waals surface area contributed by atoms with Gasteiger partial charge in [-0.25, -0.2) is 0 Å². The Morgan fingerprint density at radius 1 is 1.20 bits per heavy atom. The molecule has 0 aromatic heterocycles. The van der Waals surface area contributed by atoms with Crippen molar-refractivity contribution in [3.8, 4) is 0 Å². The lowest BCUT2D eigenvalue weighted by Crippen LogP contribution is -2.11. The van der Waals surface area contributed by atoms with Crippen LogP contribution in [0.1, 0.15) is 23.2 Å². The number of esters is 1. The number of carbonyl (C=O) groups excluding carboxylic acids is 2. The minimum absolute atomic E-state index is 0.204.